The number of hydrogen-bond donors (Lipinski definition) is 1. The molecule has 0 aliphatic carbocycles. The number of carbonyl (C=O) groups excluding carboxylic acids is 2. The summed E-state index contributed by atoms with van der Waals surface area (Å²) in [5.41, 5.74) is 3.98. The summed E-state index contributed by atoms with van der Waals surface area (Å²) in [6, 6.07) is 13.7. The zero-order valence-corrected chi connectivity index (χ0v) is 15.5. The average molecular weight is 365 g/mol. The highest BCUT2D eigenvalue weighted by Crippen LogP contribution is 2.31. The van der Waals surface area contributed by atoms with Gasteiger partial charge in [-0.1, -0.05) is 35.6 Å². The van der Waals surface area contributed by atoms with Crippen LogP contribution < -0.4 is 10.2 Å². The molecule has 2 heterocycles. The minimum atomic E-state index is -0.366. The lowest BCUT2D eigenvalue weighted by Gasteiger charge is -2.20. The Morgan fingerprint density at radius 2 is 2.00 bits per heavy atom. The molecule has 1 aromatic heterocycles. The first kappa shape index (κ1) is 16.7. The smallest absolute Gasteiger partial charge is 0.231 e. The third-order valence-corrected chi connectivity index (χ3v) is 5.84. The van der Waals surface area contributed by atoms with E-state index in [1.165, 1.54) is 11.3 Å². The fourth-order valence-electron chi connectivity index (χ4n) is 3.28. The molecular weight excluding hydrogens is 346 g/mol. The molecule has 0 saturated carbocycles. The van der Waals surface area contributed by atoms with E-state index in [1.807, 2.05) is 56.3 Å². The monoisotopic (exact) mass is 365 g/mol. The molecule has 1 unspecified atom stereocenters. The van der Waals surface area contributed by atoms with E-state index in [4.69, 9.17) is 0 Å². The highest BCUT2D eigenvalue weighted by atomic mass is 32.1. The molecule has 0 spiro atoms. The zero-order valence-electron chi connectivity index (χ0n) is 14.7. The Labute approximate surface area is 155 Å². The van der Waals surface area contributed by atoms with Gasteiger partial charge in [-0.15, -0.1) is 0 Å². The van der Waals surface area contributed by atoms with Crippen molar-refractivity contribution >= 4 is 44.2 Å². The van der Waals surface area contributed by atoms with Gasteiger partial charge in [-0.3, -0.25) is 9.59 Å². The standard InChI is InChI=1S/C20H19N3O2S/c1-12-6-5-8-16(13(12)2)23-11-14(10-18(23)24)19(25)22-20-21-15-7-3-4-9-17(15)26-20/h3-9,14H,10-11H2,1-2H3,(H,21,22,25). The topological polar surface area (TPSA) is 62.3 Å². The van der Waals surface area contributed by atoms with Crippen molar-refractivity contribution in [2.45, 2.75) is 20.3 Å². The van der Waals surface area contributed by atoms with Crippen LogP contribution in [0.4, 0.5) is 10.8 Å². The molecular formula is C20H19N3O2S. The van der Waals surface area contributed by atoms with Crippen molar-refractivity contribution < 1.29 is 9.59 Å². The largest absolute Gasteiger partial charge is 0.311 e. The van der Waals surface area contributed by atoms with Gasteiger partial charge in [0.15, 0.2) is 5.13 Å². The van der Waals surface area contributed by atoms with Gasteiger partial charge in [-0.25, -0.2) is 4.98 Å². The van der Waals surface area contributed by atoms with Crippen LogP contribution in [-0.2, 0) is 9.59 Å². The van der Waals surface area contributed by atoms with Gasteiger partial charge >= 0.3 is 0 Å². The number of para-hydroxylation sites is 1. The lowest BCUT2D eigenvalue weighted by molar-refractivity contribution is -0.122. The normalized spacial score (nSPS) is 17.1. The van der Waals surface area contributed by atoms with Crippen LogP contribution in [-0.4, -0.2) is 23.3 Å². The number of benzene rings is 2. The Kier molecular flexibility index (Phi) is 4.20. The molecule has 1 N–H and O–H groups in total. The van der Waals surface area contributed by atoms with Crippen LogP contribution in [0.1, 0.15) is 17.5 Å². The number of carbonyl (C=O) groups is 2. The van der Waals surface area contributed by atoms with Crippen molar-refractivity contribution in [2.24, 2.45) is 5.92 Å². The zero-order chi connectivity index (χ0) is 18.3. The van der Waals surface area contributed by atoms with Gasteiger partial charge < -0.3 is 10.2 Å². The molecule has 1 fully saturated rings. The maximum absolute atomic E-state index is 12.6. The number of rotatable bonds is 3. The van der Waals surface area contributed by atoms with Gasteiger partial charge in [0.05, 0.1) is 16.1 Å². The van der Waals surface area contributed by atoms with Gasteiger partial charge in [-0.05, 0) is 43.2 Å². The summed E-state index contributed by atoms with van der Waals surface area (Å²) in [6.07, 6.45) is 0.226. The molecule has 5 nitrogen and oxygen atoms in total. The van der Waals surface area contributed by atoms with Crippen molar-refractivity contribution in [3.63, 3.8) is 0 Å². The van der Waals surface area contributed by atoms with Gasteiger partial charge in [0.2, 0.25) is 11.8 Å². The molecule has 132 valence electrons. The Hall–Kier alpha value is -2.73. The number of fused-ring (bicyclic) bond motifs is 1. The molecule has 2 amide bonds. The van der Waals surface area contributed by atoms with Crippen LogP contribution in [0.2, 0.25) is 0 Å². The molecule has 0 radical (unpaired) electrons. The molecule has 1 saturated heterocycles. The molecule has 1 aliphatic heterocycles. The Morgan fingerprint density at radius 3 is 2.81 bits per heavy atom. The van der Waals surface area contributed by atoms with Crippen molar-refractivity contribution in [1.29, 1.82) is 0 Å². The summed E-state index contributed by atoms with van der Waals surface area (Å²) in [4.78, 5) is 31.3. The average Bonchev–Trinajstić information content (AvgIpc) is 3.20. The van der Waals surface area contributed by atoms with Crippen LogP contribution >= 0.6 is 11.3 Å². The SMILES string of the molecule is Cc1cccc(N2CC(C(=O)Nc3nc4ccccc4s3)CC2=O)c1C. The minimum Gasteiger partial charge on any atom is -0.311 e. The summed E-state index contributed by atoms with van der Waals surface area (Å²) in [6.45, 7) is 4.43. The van der Waals surface area contributed by atoms with Crippen LogP contribution in [0, 0.1) is 19.8 Å². The van der Waals surface area contributed by atoms with Crippen LogP contribution in [0.5, 0.6) is 0 Å². The Bertz CT molecular complexity index is 978. The summed E-state index contributed by atoms with van der Waals surface area (Å²) < 4.78 is 1.03. The first-order valence-corrected chi connectivity index (χ1v) is 9.37. The Morgan fingerprint density at radius 1 is 1.19 bits per heavy atom. The molecule has 3 aromatic rings. The number of amides is 2. The lowest BCUT2D eigenvalue weighted by Crippen LogP contribution is -2.28. The van der Waals surface area contributed by atoms with E-state index in [-0.39, 0.29) is 24.2 Å². The van der Waals surface area contributed by atoms with E-state index < -0.39 is 0 Å². The summed E-state index contributed by atoms with van der Waals surface area (Å²) in [5.74, 6) is -0.525. The molecule has 26 heavy (non-hydrogen) atoms. The molecule has 4 rings (SSSR count). The van der Waals surface area contributed by atoms with Gasteiger partial charge in [0.1, 0.15) is 0 Å². The van der Waals surface area contributed by atoms with E-state index in [2.05, 4.69) is 10.3 Å². The third-order valence-electron chi connectivity index (χ3n) is 4.89. The van der Waals surface area contributed by atoms with Crippen molar-refractivity contribution in [3.05, 3.63) is 53.6 Å². The van der Waals surface area contributed by atoms with E-state index in [0.29, 0.717) is 11.7 Å². The first-order valence-electron chi connectivity index (χ1n) is 8.56. The fraction of sp³-hybridized carbons (Fsp3) is 0.250. The van der Waals surface area contributed by atoms with Gasteiger partial charge in [-0.2, -0.15) is 0 Å². The maximum atomic E-state index is 12.6. The van der Waals surface area contributed by atoms with Gasteiger partial charge in [0, 0.05) is 18.7 Å². The van der Waals surface area contributed by atoms with Crippen molar-refractivity contribution in [2.75, 3.05) is 16.8 Å². The highest BCUT2D eigenvalue weighted by Gasteiger charge is 2.36. The lowest BCUT2D eigenvalue weighted by atomic mass is 10.1. The molecule has 0 bridgehead atoms. The van der Waals surface area contributed by atoms with Crippen LogP contribution in [0.25, 0.3) is 10.2 Å². The summed E-state index contributed by atoms with van der Waals surface area (Å²) in [7, 11) is 0. The summed E-state index contributed by atoms with van der Waals surface area (Å²) >= 11 is 1.45. The van der Waals surface area contributed by atoms with Crippen molar-refractivity contribution in [3.8, 4) is 0 Å². The third kappa shape index (κ3) is 2.97. The molecule has 1 atom stereocenters. The molecule has 1 aliphatic rings. The number of nitrogens with one attached hydrogen (secondary N) is 1. The number of aryl methyl sites for hydroxylation is 1. The van der Waals surface area contributed by atoms with Crippen LogP contribution in [0.15, 0.2) is 42.5 Å². The number of thiazole rings is 1. The van der Waals surface area contributed by atoms with E-state index in [9.17, 15) is 9.59 Å². The number of aromatic nitrogens is 1. The quantitative estimate of drug-likeness (QED) is 0.765. The minimum absolute atomic E-state index is 0.0110. The number of anilines is 2. The van der Waals surface area contributed by atoms with Crippen molar-refractivity contribution in [1.82, 2.24) is 4.98 Å². The number of hydrogen-bond acceptors (Lipinski definition) is 4. The van der Waals surface area contributed by atoms with E-state index in [0.717, 1.165) is 27.0 Å². The number of nitrogens with zero attached hydrogens (tertiary/aromatic N) is 2. The highest BCUT2D eigenvalue weighted by molar-refractivity contribution is 7.22. The second kappa shape index (κ2) is 6.53. The predicted molar refractivity (Wildman–Crippen MR) is 105 cm³/mol. The molecule has 2 aromatic carbocycles. The second-order valence-corrected chi connectivity index (χ2v) is 7.63. The van der Waals surface area contributed by atoms with E-state index >= 15 is 0 Å². The van der Waals surface area contributed by atoms with E-state index in [1.54, 1.807) is 4.90 Å². The van der Waals surface area contributed by atoms with Crippen LogP contribution in [0.3, 0.4) is 0 Å². The summed E-state index contributed by atoms with van der Waals surface area (Å²) in [5, 5.41) is 3.46. The Balaban J connectivity index is 1.51. The predicted octanol–water partition coefficient (Wildman–Crippen LogP) is 3.90. The molecule has 6 heteroatoms. The fourth-order valence-corrected chi connectivity index (χ4v) is 4.15. The maximum Gasteiger partial charge on any atom is 0.231 e. The second-order valence-electron chi connectivity index (χ2n) is 6.60. The van der Waals surface area contributed by atoms with Gasteiger partial charge in [0.25, 0.3) is 0 Å². The first-order chi connectivity index (χ1) is 12.5.